The van der Waals surface area contributed by atoms with Gasteiger partial charge in [0.05, 0.1) is 0 Å². The van der Waals surface area contributed by atoms with Crippen LogP contribution in [0.25, 0.3) is 0 Å². The Bertz CT molecular complexity index is 166. The van der Waals surface area contributed by atoms with Gasteiger partial charge in [-0.15, -0.1) is 0 Å². The van der Waals surface area contributed by atoms with Crippen LogP contribution in [-0.4, -0.2) is 50.6 Å². The lowest BCUT2D eigenvalue weighted by molar-refractivity contribution is 0.123. The molecule has 0 amide bonds. The van der Waals surface area contributed by atoms with E-state index < -0.39 is 0 Å². The fourth-order valence-corrected chi connectivity index (χ4v) is 1.88. The summed E-state index contributed by atoms with van der Waals surface area (Å²) in [6.07, 6.45) is 1.28. The predicted molar refractivity (Wildman–Crippen MR) is 69.3 cm³/mol. The minimum absolute atomic E-state index is 0.437. The molecule has 92 valence electrons. The smallest absolute Gasteiger partial charge is 0.00322 e. The second kappa shape index (κ2) is 6.49. The fourth-order valence-electron chi connectivity index (χ4n) is 1.88. The van der Waals surface area contributed by atoms with Gasteiger partial charge in [-0.25, -0.2) is 0 Å². The predicted octanol–water partition coefficient (Wildman–Crippen LogP) is 2.55. The first kappa shape index (κ1) is 14.9. The van der Waals surface area contributed by atoms with Gasteiger partial charge in [0.15, 0.2) is 0 Å². The third-order valence-corrected chi connectivity index (χ3v) is 3.68. The van der Waals surface area contributed by atoms with Crippen LogP contribution in [0.4, 0.5) is 0 Å². The van der Waals surface area contributed by atoms with Gasteiger partial charge < -0.3 is 9.80 Å². The van der Waals surface area contributed by atoms with Crippen LogP contribution < -0.4 is 0 Å². The van der Waals surface area contributed by atoms with Crippen molar-refractivity contribution < 1.29 is 0 Å². The largest absolute Gasteiger partial charge is 0.309 e. The fraction of sp³-hybridized carbons (Fsp3) is 1.00. The molecule has 0 aromatic heterocycles. The summed E-state index contributed by atoms with van der Waals surface area (Å²) in [6, 6.07) is 0. The van der Waals surface area contributed by atoms with Crippen molar-refractivity contribution in [3.63, 3.8) is 0 Å². The zero-order valence-corrected chi connectivity index (χ0v) is 11.8. The van der Waals surface area contributed by atoms with Crippen LogP contribution in [0, 0.1) is 11.3 Å². The van der Waals surface area contributed by atoms with E-state index in [2.05, 4.69) is 58.6 Å². The van der Waals surface area contributed by atoms with Crippen LogP contribution in [0.1, 0.15) is 34.1 Å². The van der Waals surface area contributed by atoms with Gasteiger partial charge in [0.2, 0.25) is 0 Å². The second-order valence-electron chi connectivity index (χ2n) is 5.69. The van der Waals surface area contributed by atoms with Crippen molar-refractivity contribution in [1.29, 1.82) is 0 Å². The van der Waals surface area contributed by atoms with E-state index in [1.807, 2.05) is 0 Å². The van der Waals surface area contributed by atoms with E-state index in [-0.39, 0.29) is 0 Å². The molecule has 0 rings (SSSR count). The highest BCUT2D eigenvalue weighted by Gasteiger charge is 2.28. The average molecular weight is 214 g/mol. The van der Waals surface area contributed by atoms with E-state index in [9.17, 15) is 0 Å². The molecule has 0 aliphatic heterocycles. The van der Waals surface area contributed by atoms with Gasteiger partial charge in [0, 0.05) is 6.54 Å². The third kappa shape index (κ3) is 5.53. The van der Waals surface area contributed by atoms with Crippen molar-refractivity contribution >= 4 is 0 Å². The van der Waals surface area contributed by atoms with E-state index in [0.717, 1.165) is 12.5 Å². The van der Waals surface area contributed by atoms with Crippen molar-refractivity contribution in [2.45, 2.75) is 34.1 Å². The topological polar surface area (TPSA) is 6.48 Å². The molecule has 0 radical (unpaired) electrons. The van der Waals surface area contributed by atoms with Gasteiger partial charge in [0.1, 0.15) is 0 Å². The van der Waals surface area contributed by atoms with Crippen molar-refractivity contribution in [3.05, 3.63) is 0 Å². The summed E-state index contributed by atoms with van der Waals surface area (Å²) < 4.78 is 0. The number of hydrogen-bond donors (Lipinski definition) is 0. The van der Waals surface area contributed by atoms with Crippen molar-refractivity contribution in [2.24, 2.45) is 11.3 Å². The van der Waals surface area contributed by atoms with Crippen LogP contribution in [-0.2, 0) is 0 Å². The lowest BCUT2D eigenvalue weighted by Crippen LogP contribution is -2.38. The number of nitrogens with zero attached hydrogens (tertiary/aromatic N) is 2. The maximum absolute atomic E-state index is 2.42. The monoisotopic (exact) mass is 214 g/mol. The lowest BCUT2D eigenvalue weighted by Gasteiger charge is -2.37. The Labute approximate surface area is 96.6 Å². The molecule has 0 aromatic rings. The highest BCUT2D eigenvalue weighted by molar-refractivity contribution is 4.81. The Morgan fingerprint density at radius 2 is 1.67 bits per heavy atom. The third-order valence-electron chi connectivity index (χ3n) is 3.68. The van der Waals surface area contributed by atoms with Crippen LogP contribution in [0.15, 0.2) is 0 Å². The summed E-state index contributed by atoms with van der Waals surface area (Å²) in [5.74, 6) is 0.741. The standard InChI is InChI=1S/C13H30N2/c1-8-15(7)10-9-13(4,12(2)3)11-14(5)6/h12H,8-11H2,1-7H3. The van der Waals surface area contributed by atoms with Gasteiger partial charge in [-0.2, -0.15) is 0 Å². The van der Waals surface area contributed by atoms with Crippen LogP contribution in [0.5, 0.6) is 0 Å². The molecular formula is C13H30N2. The molecule has 0 aliphatic rings. The number of hydrogen-bond acceptors (Lipinski definition) is 2. The first-order valence-corrected chi connectivity index (χ1v) is 6.15. The van der Waals surface area contributed by atoms with E-state index in [4.69, 9.17) is 0 Å². The molecule has 0 saturated heterocycles. The molecule has 0 aliphatic carbocycles. The quantitative estimate of drug-likeness (QED) is 0.642. The van der Waals surface area contributed by atoms with Crippen LogP contribution in [0.3, 0.4) is 0 Å². The first-order chi connectivity index (χ1) is 6.81. The molecule has 15 heavy (non-hydrogen) atoms. The molecule has 0 saturated carbocycles. The van der Waals surface area contributed by atoms with E-state index >= 15 is 0 Å². The Kier molecular flexibility index (Phi) is 6.46. The van der Waals surface area contributed by atoms with Crippen LogP contribution >= 0.6 is 0 Å². The van der Waals surface area contributed by atoms with E-state index in [1.165, 1.54) is 19.5 Å². The number of rotatable bonds is 7. The summed E-state index contributed by atoms with van der Waals surface area (Å²) in [4.78, 5) is 4.71. The second-order valence-corrected chi connectivity index (χ2v) is 5.69. The van der Waals surface area contributed by atoms with Gasteiger partial charge in [0.25, 0.3) is 0 Å². The lowest BCUT2D eigenvalue weighted by atomic mass is 9.76. The van der Waals surface area contributed by atoms with Crippen molar-refractivity contribution in [2.75, 3.05) is 40.8 Å². The highest BCUT2D eigenvalue weighted by Crippen LogP contribution is 2.31. The summed E-state index contributed by atoms with van der Waals surface area (Å²) in [7, 11) is 6.55. The summed E-state index contributed by atoms with van der Waals surface area (Å²) in [6.45, 7) is 12.9. The first-order valence-electron chi connectivity index (χ1n) is 6.15. The minimum Gasteiger partial charge on any atom is -0.309 e. The molecule has 2 nitrogen and oxygen atoms in total. The molecular weight excluding hydrogens is 184 g/mol. The van der Waals surface area contributed by atoms with E-state index in [0.29, 0.717) is 5.41 Å². The molecule has 0 N–H and O–H groups in total. The minimum atomic E-state index is 0.437. The SMILES string of the molecule is CCN(C)CCC(C)(CN(C)C)C(C)C. The Hall–Kier alpha value is -0.0800. The molecule has 2 heteroatoms. The molecule has 1 unspecified atom stereocenters. The Morgan fingerprint density at radius 3 is 2.00 bits per heavy atom. The Morgan fingerprint density at radius 1 is 1.13 bits per heavy atom. The molecule has 0 spiro atoms. The maximum atomic E-state index is 2.42. The average Bonchev–Trinajstić information content (AvgIpc) is 2.12. The van der Waals surface area contributed by atoms with Gasteiger partial charge in [-0.3, -0.25) is 0 Å². The Balaban J connectivity index is 4.25. The van der Waals surface area contributed by atoms with Gasteiger partial charge >= 0.3 is 0 Å². The summed E-state index contributed by atoms with van der Waals surface area (Å²) >= 11 is 0. The van der Waals surface area contributed by atoms with Crippen molar-refractivity contribution in [1.82, 2.24) is 9.80 Å². The van der Waals surface area contributed by atoms with E-state index in [1.54, 1.807) is 0 Å². The summed E-state index contributed by atoms with van der Waals surface area (Å²) in [5.41, 5.74) is 0.437. The molecule has 0 aromatic carbocycles. The molecule has 0 fully saturated rings. The van der Waals surface area contributed by atoms with Gasteiger partial charge in [-0.1, -0.05) is 27.7 Å². The van der Waals surface area contributed by atoms with Crippen molar-refractivity contribution in [3.8, 4) is 0 Å². The zero-order valence-electron chi connectivity index (χ0n) is 11.8. The normalized spacial score (nSPS) is 16.4. The zero-order chi connectivity index (χ0) is 12.1. The maximum Gasteiger partial charge on any atom is 0.00322 e. The molecule has 0 bridgehead atoms. The summed E-state index contributed by atoms with van der Waals surface area (Å²) in [5, 5.41) is 0. The molecule has 0 heterocycles. The highest BCUT2D eigenvalue weighted by atomic mass is 15.1. The van der Waals surface area contributed by atoms with Crippen LogP contribution in [0.2, 0.25) is 0 Å². The van der Waals surface area contributed by atoms with Gasteiger partial charge in [-0.05, 0) is 52.0 Å². The molecule has 1 atom stereocenters.